The highest BCUT2D eigenvalue weighted by atomic mass is 15.2. The van der Waals surface area contributed by atoms with Crippen molar-refractivity contribution in [2.75, 3.05) is 31.5 Å². The highest BCUT2D eigenvalue weighted by Gasteiger charge is 2.15. The molecular weight excluding hydrogens is 236 g/mol. The number of nitrogens with zero attached hydrogens (tertiary/aromatic N) is 3. The molecule has 1 atom stereocenters. The maximum absolute atomic E-state index is 4.57. The molecule has 1 aromatic heterocycles. The highest BCUT2D eigenvalue weighted by molar-refractivity contribution is 5.28. The fraction of sp³-hybridized carbons (Fsp3) is 0.800. The molecule has 0 amide bonds. The summed E-state index contributed by atoms with van der Waals surface area (Å²) in [5.41, 5.74) is 1.10. The Hall–Kier alpha value is -1.03. The number of aryl methyl sites for hydroxylation is 2. The molecule has 2 heterocycles. The zero-order valence-electron chi connectivity index (χ0n) is 12.7. The Morgan fingerprint density at radius 2 is 2.11 bits per heavy atom. The first-order valence-corrected chi connectivity index (χ1v) is 7.69. The standard InChI is InChI=1S/C15H28N4/c1-4-7-19-12-14(3)17-15(19)16-10-13(2)11-18-8-5-6-9-18/h12-13H,4-11H2,1-3H3,(H,16,17). The number of hydrogen-bond donors (Lipinski definition) is 1. The van der Waals surface area contributed by atoms with Gasteiger partial charge in [0, 0.05) is 25.8 Å². The lowest BCUT2D eigenvalue weighted by Crippen LogP contribution is -2.29. The summed E-state index contributed by atoms with van der Waals surface area (Å²) < 4.78 is 2.23. The first-order chi connectivity index (χ1) is 9.19. The van der Waals surface area contributed by atoms with Crippen molar-refractivity contribution in [3.8, 4) is 0 Å². The minimum Gasteiger partial charge on any atom is -0.355 e. The molecule has 0 spiro atoms. The fourth-order valence-corrected chi connectivity index (χ4v) is 2.84. The Morgan fingerprint density at radius 3 is 2.79 bits per heavy atom. The van der Waals surface area contributed by atoms with E-state index in [0.717, 1.165) is 31.2 Å². The van der Waals surface area contributed by atoms with Gasteiger partial charge in [-0.15, -0.1) is 0 Å². The summed E-state index contributed by atoms with van der Waals surface area (Å²) in [5.74, 6) is 1.71. The van der Waals surface area contributed by atoms with E-state index in [0.29, 0.717) is 5.92 Å². The van der Waals surface area contributed by atoms with E-state index in [1.807, 2.05) is 0 Å². The molecule has 1 fully saturated rings. The monoisotopic (exact) mass is 264 g/mol. The van der Waals surface area contributed by atoms with E-state index >= 15 is 0 Å². The Labute approximate surface area is 117 Å². The minimum atomic E-state index is 0.671. The van der Waals surface area contributed by atoms with Crippen LogP contribution in [0.2, 0.25) is 0 Å². The number of hydrogen-bond acceptors (Lipinski definition) is 3. The van der Waals surface area contributed by atoms with Crippen molar-refractivity contribution < 1.29 is 0 Å². The second-order valence-electron chi connectivity index (χ2n) is 5.89. The van der Waals surface area contributed by atoms with Crippen molar-refractivity contribution in [1.82, 2.24) is 14.5 Å². The quantitative estimate of drug-likeness (QED) is 0.822. The summed E-state index contributed by atoms with van der Waals surface area (Å²) in [6.45, 7) is 12.4. The molecule has 108 valence electrons. The molecular formula is C15H28N4. The average molecular weight is 264 g/mol. The van der Waals surface area contributed by atoms with Crippen LogP contribution in [0, 0.1) is 12.8 Å². The fourth-order valence-electron chi connectivity index (χ4n) is 2.84. The lowest BCUT2D eigenvalue weighted by Gasteiger charge is -2.20. The first-order valence-electron chi connectivity index (χ1n) is 7.69. The van der Waals surface area contributed by atoms with Gasteiger partial charge < -0.3 is 14.8 Å². The van der Waals surface area contributed by atoms with Crippen molar-refractivity contribution >= 4 is 5.95 Å². The smallest absolute Gasteiger partial charge is 0.203 e. The summed E-state index contributed by atoms with van der Waals surface area (Å²) in [6.07, 6.45) is 6.03. The van der Waals surface area contributed by atoms with Gasteiger partial charge in [0.05, 0.1) is 5.69 Å². The summed E-state index contributed by atoms with van der Waals surface area (Å²) in [4.78, 5) is 7.15. The molecule has 1 N–H and O–H groups in total. The molecule has 0 saturated carbocycles. The topological polar surface area (TPSA) is 33.1 Å². The van der Waals surface area contributed by atoms with Gasteiger partial charge in [0.2, 0.25) is 5.95 Å². The molecule has 1 aliphatic rings. The van der Waals surface area contributed by atoms with Crippen LogP contribution >= 0.6 is 0 Å². The molecule has 19 heavy (non-hydrogen) atoms. The van der Waals surface area contributed by atoms with Crippen LogP contribution in [0.1, 0.15) is 38.8 Å². The van der Waals surface area contributed by atoms with Crippen LogP contribution in [0.4, 0.5) is 5.95 Å². The normalized spacial score (nSPS) is 17.8. The van der Waals surface area contributed by atoms with Crippen molar-refractivity contribution in [2.45, 2.75) is 46.6 Å². The second kappa shape index (κ2) is 6.94. The van der Waals surface area contributed by atoms with Gasteiger partial charge in [-0.1, -0.05) is 13.8 Å². The van der Waals surface area contributed by atoms with E-state index < -0.39 is 0 Å². The molecule has 1 unspecified atom stereocenters. The largest absolute Gasteiger partial charge is 0.355 e. The van der Waals surface area contributed by atoms with Gasteiger partial charge in [-0.25, -0.2) is 4.98 Å². The Morgan fingerprint density at radius 1 is 1.37 bits per heavy atom. The third kappa shape index (κ3) is 4.23. The number of anilines is 1. The molecule has 4 nitrogen and oxygen atoms in total. The summed E-state index contributed by atoms with van der Waals surface area (Å²) in [7, 11) is 0. The molecule has 2 rings (SSSR count). The van der Waals surface area contributed by atoms with Gasteiger partial charge in [0.25, 0.3) is 0 Å². The van der Waals surface area contributed by atoms with E-state index in [2.05, 4.69) is 46.7 Å². The van der Waals surface area contributed by atoms with Gasteiger partial charge in [0.1, 0.15) is 0 Å². The van der Waals surface area contributed by atoms with Crippen molar-refractivity contribution in [3.05, 3.63) is 11.9 Å². The van der Waals surface area contributed by atoms with Gasteiger partial charge in [-0.05, 0) is 45.2 Å². The highest BCUT2D eigenvalue weighted by Crippen LogP contribution is 2.13. The van der Waals surface area contributed by atoms with Crippen molar-refractivity contribution in [1.29, 1.82) is 0 Å². The second-order valence-corrected chi connectivity index (χ2v) is 5.89. The molecule has 4 heteroatoms. The summed E-state index contributed by atoms with van der Waals surface area (Å²) in [5, 5.41) is 3.52. The van der Waals surface area contributed by atoms with E-state index in [1.165, 1.54) is 32.5 Å². The number of imidazole rings is 1. The van der Waals surface area contributed by atoms with E-state index in [9.17, 15) is 0 Å². The van der Waals surface area contributed by atoms with Crippen LogP contribution in [0.25, 0.3) is 0 Å². The van der Waals surface area contributed by atoms with Crippen LogP contribution in [0.3, 0.4) is 0 Å². The maximum Gasteiger partial charge on any atom is 0.203 e. The number of likely N-dealkylation sites (tertiary alicyclic amines) is 1. The number of aromatic nitrogens is 2. The SMILES string of the molecule is CCCn1cc(C)nc1NCC(C)CN1CCCC1. The number of nitrogens with one attached hydrogen (secondary N) is 1. The zero-order chi connectivity index (χ0) is 13.7. The Balaban J connectivity index is 1.80. The van der Waals surface area contributed by atoms with Crippen LogP contribution < -0.4 is 5.32 Å². The summed E-state index contributed by atoms with van der Waals surface area (Å²) >= 11 is 0. The Kier molecular flexibility index (Phi) is 5.25. The van der Waals surface area contributed by atoms with Crippen LogP contribution in [0.5, 0.6) is 0 Å². The average Bonchev–Trinajstić information content (AvgIpc) is 2.97. The predicted octanol–water partition coefficient (Wildman–Crippen LogP) is 2.75. The molecule has 1 saturated heterocycles. The van der Waals surface area contributed by atoms with Crippen LogP contribution in [-0.4, -0.2) is 40.6 Å². The van der Waals surface area contributed by atoms with Gasteiger partial charge in [-0.3, -0.25) is 0 Å². The molecule has 0 bridgehead atoms. The van der Waals surface area contributed by atoms with E-state index in [4.69, 9.17) is 0 Å². The molecule has 1 aromatic rings. The van der Waals surface area contributed by atoms with Gasteiger partial charge in [0.15, 0.2) is 0 Å². The molecule has 0 aliphatic carbocycles. The zero-order valence-corrected chi connectivity index (χ0v) is 12.7. The van der Waals surface area contributed by atoms with E-state index in [1.54, 1.807) is 0 Å². The summed E-state index contributed by atoms with van der Waals surface area (Å²) in [6, 6.07) is 0. The molecule has 1 aliphatic heterocycles. The number of rotatable bonds is 7. The van der Waals surface area contributed by atoms with Crippen molar-refractivity contribution in [2.24, 2.45) is 5.92 Å². The first kappa shape index (κ1) is 14.4. The Bertz CT molecular complexity index is 379. The third-order valence-electron chi connectivity index (χ3n) is 3.74. The minimum absolute atomic E-state index is 0.671. The molecule has 0 aromatic carbocycles. The van der Waals surface area contributed by atoms with Crippen LogP contribution in [0.15, 0.2) is 6.20 Å². The predicted molar refractivity (Wildman–Crippen MR) is 80.6 cm³/mol. The van der Waals surface area contributed by atoms with Gasteiger partial charge in [-0.2, -0.15) is 0 Å². The lowest BCUT2D eigenvalue weighted by atomic mass is 10.1. The van der Waals surface area contributed by atoms with E-state index in [-0.39, 0.29) is 0 Å². The van der Waals surface area contributed by atoms with Crippen molar-refractivity contribution in [3.63, 3.8) is 0 Å². The van der Waals surface area contributed by atoms with Crippen LogP contribution in [-0.2, 0) is 6.54 Å². The third-order valence-corrected chi connectivity index (χ3v) is 3.74. The molecule has 0 radical (unpaired) electrons. The van der Waals surface area contributed by atoms with Gasteiger partial charge >= 0.3 is 0 Å². The lowest BCUT2D eigenvalue weighted by molar-refractivity contribution is 0.294. The maximum atomic E-state index is 4.57.